The molecule has 0 radical (unpaired) electrons. The van der Waals surface area contributed by atoms with Gasteiger partial charge in [-0.3, -0.25) is 4.79 Å². The van der Waals surface area contributed by atoms with E-state index in [4.69, 9.17) is 5.11 Å². The zero-order chi connectivity index (χ0) is 12.8. The molecule has 94 valence electrons. The van der Waals surface area contributed by atoms with Gasteiger partial charge in [0.25, 0.3) is 0 Å². The molecule has 0 amide bonds. The van der Waals surface area contributed by atoms with Crippen LogP contribution in [0.25, 0.3) is 0 Å². The van der Waals surface area contributed by atoms with Gasteiger partial charge in [-0.15, -0.1) is 0 Å². The standard InChI is InChI=1S/C11H13F2NO3/c1-7-2-3-8(5-14-6-10(15)16)4-9(7)17-11(12)13/h2-4,11,14H,5-6H2,1H3,(H,15,16). The summed E-state index contributed by atoms with van der Waals surface area (Å²) in [6.45, 7) is -1.10. The van der Waals surface area contributed by atoms with E-state index in [0.717, 1.165) is 0 Å². The Morgan fingerprint density at radius 3 is 2.82 bits per heavy atom. The summed E-state index contributed by atoms with van der Waals surface area (Å²) >= 11 is 0. The fraction of sp³-hybridized carbons (Fsp3) is 0.364. The van der Waals surface area contributed by atoms with E-state index in [-0.39, 0.29) is 18.8 Å². The van der Waals surface area contributed by atoms with Gasteiger partial charge in [0.05, 0.1) is 6.54 Å². The molecule has 0 heterocycles. The van der Waals surface area contributed by atoms with Crippen LogP contribution < -0.4 is 10.1 Å². The van der Waals surface area contributed by atoms with E-state index in [1.165, 1.54) is 6.07 Å². The Labute approximate surface area is 97.2 Å². The number of alkyl halides is 2. The van der Waals surface area contributed by atoms with Gasteiger partial charge < -0.3 is 15.2 Å². The molecular weight excluding hydrogens is 232 g/mol. The first-order valence-electron chi connectivity index (χ1n) is 4.96. The maximum absolute atomic E-state index is 12.1. The van der Waals surface area contributed by atoms with Gasteiger partial charge in [0, 0.05) is 6.54 Å². The first kappa shape index (κ1) is 13.4. The first-order valence-corrected chi connectivity index (χ1v) is 4.96. The van der Waals surface area contributed by atoms with Gasteiger partial charge in [0.2, 0.25) is 0 Å². The summed E-state index contributed by atoms with van der Waals surface area (Å²) in [5.74, 6) is -0.865. The minimum Gasteiger partial charge on any atom is -0.480 e. The molecule has 0 unspecified atom stereocenters. The summed E-state index contributed by atoms with van der Waals surface area (Å²) in [7, 11) is 0. The van der Waals surface area contributed by atoms with Crippen molar-refractivity contribution in [1.29, 1.82) is 0 Å². The van der Waals surface area contributed by atoms with E-state index in [2.05, 4.69) is 10.1 Å². The molecule has 0 aliphatic carbocycles. The van der Waals surface area contributed by atoms with Gasteiger partial charge in [-0.05, 0) is 24.1 Å². The van der Waals surface area contributed by atoms with Crippen LogP contribution in [-0.2, 0) is 11.3 Å². The van der Waals surface area contributed by atoms with E-state index in [9.17, 15) is 13.6 Å². The van der Waals surface area contributed by atoms with Crippen molar-refractivity contribution in [2.45, 2.75) is 20.1 Å². The monoisotopic (exact) mass is 245 g/mol. The zero-order valence-corrected chi connectivity index (χ0v) is 9.24. The molecule has 0 aliphatic heterocycles. The fourth-order valence-corrected chi connectivity index (χ4v) is 1.29. The lowest BCUT2D eigenvalue weighted by Gasteiger charge is -2.10. The van der Waals surface area contributed by atoms with E-state index in [0.29, 0.717) is 11.1 Å². The number of rotatable bonds is 6. The Kier molecular flexibility index (Phi) is 4.84. The quantitative estimate of drug-likeness (QED) is 0.802. The van der Waals surface area contributed by atoms with E-state index in [1.807, 2.05) is 0 Å². The molecule has 0 fully saturated rings. The molecule has 1 rings (SSSR count). The molecule has 0 saturated carbocycles. The Morgan fingerprint density at radius 2 is 2.24 bits per heavy atom. The molecule has 0 atom stereocenters. The number of hydrogen-bond donors (Lipinski definition) is 2. The van der Waals surface area contributed by atoms with Crippen LogP contribution in [0, 0.1) is 6.92 Å². The number of hydrogen-bond acceptors (Lipinski definition) is 3. The van der Waals surface area contributed by atoms with Crippen LogP contribution in [-0.4, -0.2) is 24.2 Å². The van der Waals surface area contributed by atoms with Crippen molar-refractivity contribution < 1.29 is 23.4 Å². The van der Waals surface area contributed by atoms with Crippen molar-refractivity contribution in [1.82, 2.24) is 5.32 Å². The number of benzene rings is 1. The first-order chi connectivity index (χ1) is 7.99. The third-order valence-electron chi connectivity index (χ3n) is 2.07. The molecule has 0 spiro atoms. The third-order valence-corrected chi connectivity index (χ3v) is 2.07. The molecule has 2 N–H and O–H groups in total. The molecule has 1 aromatic rings. The van der Waals surface area contributed by atoms with E-state index < -0.39 is 12.6 Å². The number of carboxylic acid groups (broad SMARTS) is 1. The van der Waals surface area contributed by atoms with Crippen LogP contribution in [0.15, 0.2) is 18.2 Å². The summed E-state index contributed by atoms with van der Waals surface area (Å²) in [6, 6.07) is 4.84. The smallest absolute Gasteiger partial charge is 0.387 e. The Balaban J connectivity index is 2.64. The molecule has 17 heavy (non-hydrogen) atoms. The second-order valence-electron chi connectivity index (χ2n) is 3.48. The highest BCUT2D eigenvalue weighted by Crippen LogP contribution is 2.21. The summed E-state index contributed by atoms with van der Waals surface area (Å²) < 4.78 is 28.5. The lowest BCUT2D eigenvalue weighted by molar-refractivity contribution is -0.136. The summed E-state index contributed by atoms with van der Waals surface area (Å²) in [5, 5.41) is 11.1. The molecule has 0 aromatic heterocycles. The highest BCUT2D eigenvalue weighted by atomic mass is 19.3. The van der Waals surface area contributed by atoms with Gasteiger partial charge in [0.1, 0.15) is 5.75 Å². The average Bonchev–Trinajstić information content (AvgIpc) is 2.21. The lowest BCUT2D eigenvalue weighted by Crippen LogP contribution is -2.21. The van der Waals surface area contributed by atoms with Gasteiger partial charge in [-0.1, -0.05) is 12.1 Å². The SMILES string of the molecule is Cc1ccc(CNCC(=O)O)cc1OC(F)F. The predicted molar refractivity (Wildman–Crippen MR) is 57.2 cm³/mol. The Hall–Kier alpha value is -1.69. The van der Waals surface area contributed by atoms with Crippen molar-refractivity contribution >= 4 is 5.97 Å². The minimum atomic E-state index is -2.86. The van der Waals surface area contributed by atoms with Crippen molar-refractivity contribution in [2.24, 2.45) is 0 Å². The van der Waals surface area contributed by atoms with Gasteiger partial charge in [-0.25, -0.2) is 0 Å². The highest BCUT2D eigenvalue weighted by Gasteiger charge is 2.08. The number of carbonyl (C=O) groups is 1. The van der Waals surface area contributed by atoms with Gasteiger partial charge in [-0.2, -0.15) is 8.78 Å². The second kappa shape index (κ2) is 6.15. The molecule has 0 aliphatic rings. The van der Waals surface area contributed by atoms with Crippen LogP contribution >= 0.6 is 0 Å². The van der Waals surface area contributed by atoms with Crippen molar-refractivity contribution in [3.05, 3.63) is 29.3 Å². The lowest BCUT2D eigenvalue weighted by atomic mass is 10.1. The zero-order valence-electron chi connectivity index (χ0n) is 9.24. The van der Waals surface area contributed by atoms with Gasteiger partial charge >= 0.3 is 12.6 Å². The highest BCUT2D eigenvalue weighted by molar-refractivity contribution is 5.69. The Morgan fingerprint density at radius 1 is 1.53 bits per heavy atom. The number of ether oxygens (including phenoxy) is 1. The molecule has 0 bridgehead atoms. The molecular formula is C11H13F2NO3. The second-order valence-corrected chi connectivity index (χ2v) is 3.48. The van der Waals surface area contributed by atoms with E-state index >= 15 is 0 Å². The molecule has 1 aromatic carbocycles. The summed E-state index contributed by atoms with van der Waals surface area (Å²) in [6.07, 6.45) is 0. The van der Waals surface area contributed by atoms with Crippen molar-refractivity contribution in [3.8, 4) is 5.75 Å². The van der Waals surface area contributed by atoms with Crippen molar-refractivity contribution in [2.75, 3.05) is 6.54 Å². The Bertz CT molecular complexity index is 396. The van der Waals surface area contributed by atoms with Crippen LogP contribution in [0.2, 0.25) is 0 Å². The normalized spacial score (nSPS) is 10.6. The third kappa shape index (κ3) is 4.78. The number of carboxylic acids is 1. The summed E-state index contributed by atoms with van der Waals surface area (Å²) in [5.41, 5.74) is 1.29. The largest absolute Gasteiger partial charge is 0.480 e. The maximum atomic E-state index is 12.1. The van der Waals surface area contributed by atoms with Gasteiger partial charge in [0.15, 0.2) is 0 Å². The maximum Gasteiger partial charge on any atom is 0.387 e. The average molecular weight is 245 g/mol. The topological polar surface area (TPSA) is 58.6 Å². The number of aryl methyl sites for hydroxylation is 1. The molecule has 4 nitrogen and oxygen atoms in total. The fourth-order valence-electron chi connectivity index (χ4n) is 1.29. The number of nitrogens with one attached hydrogen (secondary N) is 1. The van der Waals surface area contributed by atoms with Crippen LogP contribution in [0.5, 0.6) is 5.75 Å². The number of halogens is 2. The molecule has 6 heteroatoms. The van der Waals surface area contributed by atoms with E-state index in [1.54, 1.807) is 19.1 Å². The molecule has 0 saturated heterocycles. The minimum absolute atomic E-state index is 0.106. The van der Waals surface area contributed by atoms with Crippen LogP contribution in [0.3, 0.4) is 0 Å². The van der Waals surface area contributed by atoms with Crippen molar-refractivity contribution in [3.63, 3.8) is 0 Å². The predicted octanol–water partition coefficient (Wildman–Crippen LogP) is 1.77. The van der Waals surface area contributed by atoms with Crippen LogP contribution in [0.4, 0.5) is 8.78 Å². The van der Waals surface area contributed by atoms with Crippen LogP contribution in [0.1, 0.15) is 11.1 Å². The number of aliphatic carboxylic acids is 1. The summed E-state index contributed by atoms with van der Waals surface area (Å²) in [4.78, 5) is 10.3.